The van der Waals surface area contributed by atoms with Gasteiger partial charge >= 0.3 is 0 Å². The first-order valence-corrected chi connectivity index (χ1v) is 8.68. The molecular weight excluding hydrogens is 349 g/mol. The molecule has 6 nitrogen and oxygen atoms in total. The van der Waals surface area contributed by atoms with Crippen LogP contribution in [-0.2, 0) is 0 Å². The molecule has 1 aromatic carbocycles. The van der Waals surface area contributed by atoms with Crippen molar-refractivity contribution in [2.75, 3.05) is 13.1 Å². The van der Waals surface area contributed by atoms with Gasteiger partial charge in [0.2, 0.25) is 0 Å². The Balaban J connectivity index is 1.66. The number of halogens is 2. The third-order valence-electron chi connectivity index (χ3n) is 4.22. The monoisotopic (exact) mass is 367 g/mol. The van der Waals surface area contributed by atoms with Gasteiger partial charge in [-0.05, 0) is 50.6 Å². The Kier molecular flexibility index (Phi) is 5.38. The van der Waals surface area contributed by atoms with E-state index in [9.17, 15) is 4.79 Å². The molecule has 3 rings (SSSR count). The van der Waals surface area contributed by atoms with Crippen LogP contribution >= 0.6 is 23.2 Å². The van der Waals surface area contributed by atoms with Crippen molar-refractivity contribution in [1.29, 1.82) is 0 Å². The zero-order valence-electron chi connectivity index (χ0n) is 13.3. The van der Waals surface area contributed by atoms with Gasteiger partial charge in [0, 0.05) is 0 Å². The third-order valence-corrected chi connectivity index (χ3v) is 4.96. The van der Waals surface area contributed by atoms with E-state index < -0.39 is 0 Å². The van der Waals surface area contributed by atoms with Crippen LogP contribution in [0.25, 0.3) is 0 Å². The molecule has 1 aliphatic heterocycles. The van der Waals surface area contributed by atoms with Crippen molar-refractivity contribution in [1.82, 2.24) is 25.6 Å². The topological polar surface area (TPSA) is 71.8 Å². The highest BCUT2D eigenvalue weighted by Gasteiger charge is 2.20. The molecule has 1 unspecified atom stereocenters. The molecule has 1 saturated heterocycles. The summed E-state index contributed by atoms with van der Waals surface area (Å²) in [5.41, 5.74) is 1.20. The quantitative estimate of drug-likeness (QED) is 0.870. The van der Waals surface area contributed by atoms with E-state index in [2.05, 4.69) is 20.9 Å². The Labute approximate surface area is 150 Å². The van der Waals surface area contributed by atoms with Gasteiger partial charge in [0.15, 0.2) is 5.69 Å². The maximum absolute atomic E-state index is 12.4. The van der Waals surface area contributed by atoms with Gasteiger partial charge in [-0.3, -0.25) is 4.79 Å². The molecular formula is C16H19Cl2N5O. The molecule has 1 amide bonds. The summed E-state index contributed by atoms with van der Waals surface area (Å²) in [7, 11) is 0. The van der Waals surface area contributed by atoms with Gasteiger partial charge in [-0.1, -0.05) is 34.5 Å². The van der Waals surface area contributed by atoms with Gasteiger partial charge < -0.3 is 10.6 Å². The number of nitrogens with one attached hydrogen (secondary N) is 2. The van der Waals surface area contributed by atoms with E-state index >= 15 is 0 Å². The minimum absolute atomic E-state index is 0.212. The molecule has 0 radical (unpaired) electrons. The molecule has 2 aromatic rings. The lowest BCUT2D eigenvalue weighted by Crippen LogP contribution is -2.29. The Bertz CT molecular complexity index is 727. The molecule has 2 N–H and O–H groups in total. The van der Waals surface area contributed by atoms with Crippen LogP contribution < -0.4 is 10.6 Å². The zero-order chi connectivity index (χ0) is 17.1. The number of benzene rings is 1. The average molecular weight is 368 g/mol. The highest BCUT2D eigenvalue weighted by molar-refractivity contribution is 6.42. The molecule has 1 fully saturated rings. The van der Waals surface area contributed by atoms with Crippen LogP contribution in [0.4, 0.5) is 0 Å². The number of rotatable bonds is 4. The summed E-state index contributed by atoms with van der Waals surface area (Å²) in [5, 5.41) is 15.3. The molecule has 128 valence electrons. The van der Waals surface area contributed by atoms with Crippen LogP contribution in [0.3, 0.4) is 0 Å². The van der Waals surface area contributed by atoms with Crippen LogP contribution in [0.15, 0.2) is 24.4 Å². The maximum atomic E-state index is 12.4. The molecule has 1 atom stereocenters. The molecule has 24 heavy (non-hydrogen) atoms. The first-order chi connectivity index (χ1) is 11.5. The zero-order valence-corrected chi connectivity index (χ0v) is 14.8. The smallest absolute Gasteiger partial charge is 0.273 e. The van der Waals surface area contributed by atoms with E-state index in [-0.39, 0.29) is 11.9 Å². The average Bonchev–Trinajstić information content (AvgIpc) is 3.08. The predicted octanol–water partition coefficient (Wildman–Crippen LogP) is 3.00. The van der Waals surface area contributed by atoms with Crippen LogP contribution in [0.1, 0.15) is 47.9 Å². The maximum Gasteiger partial charge on any atom is 0.273 e. The van der Waals surface area contributed by atoms with E-state index in [4.69, 9.17) is 23.2 Å². The van der Waals surface area contributed by atoms with E-state index in [1.807, 2.05) is 13.0 Å². The number of carbonyl (C=O) groups is 1. The van der Waals surface area contributed by atoms with Crippen LogP contribution in [-0.4, -0.2) is 34.0 Å². The Morgan fingerprint density at radius 3 is 2.79 bits per heavy atom. The third kappa shape index (κ3) is 3.88. The minimum atomic E-state index is -0.256. The molecule has 0 aliphatic carbocycles. The molecule has 8 heteroatoms. The summed E-state index contributed by atoms with van der Waals surface area (Å²) in [6, 6.07) is 5.39. The molecule has 2 heterocycles. The van der Waals surface area contributed by atoms with Gasteiger partial charge in [-0.15, -0.1) is 5.10 Å². The molecule has 0 saturated carbocycles. The summed E-state index contributed by atoms with van der Waals surface area (Å²) in [4.78, 5) is 12.4. The van der Waals surface area contributed by atoms with Crippen LogP contribution in [0.2, 0.25) is 10.0 Å². The standard InChI is InChI=1S/C16H19Cl2N5O/c1-10(11-2-3-13(17)14(18)8-11)20-16(24)15-9-23(22-21-15)12-4-6-19-7-5-12/h2-3,8-10,12,19H,4-7H2,1H3,(H,20,24). The minimum Gasteiger partial charge on any atom is -0.344 e. The van der Waals surface area contributed by atoms with E-state index in [1.165, 1.54) is 0 Å². The van der Waals surface area contributed by atoms with Gasteiger partial charge in [-0.2, -0.15) is 0 Å². The van der Waals surface area contributed by atoms with Crippen molar-refractivity contribution in [3.63, 3.8) is 0 Å². The Hall–Kier alpha value is -1.63. The molecule has 0 bridgehead atoms. The number of hydrogen-bond acceptors (Lipinski definition) is 4. The number of carbonyl (C=O) groups excluding carboxylic acids is 1. The van der Waals surface area contributed by atoms with Crippen LogP contribution in [0.5, 0.6) is 0 Å². The lowest BCUT2D eigenvalue weighted by Gasteiger charge is -2.22. The van der Waals surface area contributed by atoms with Crippen molar-refractivity contribution in [3.05, 3.63) is 45.7 Å². The Morgan fingerprint density at radius 2 is 2.08 bits per heavy atom. The number of piperidine rings is 1. The lowest BCUT2D eigenvalue weighted by molar-refractivity contribution is 0.0934. The first-order valence-electron chi connectivity index (χ1n) is 7.93. The number of amides is 1. The normalized spacial score (nSPS) is 16.8. The van der Waals surface area contributed by atoms with Gasteiger partial charge in [0.25, 0.3) is 5.91 Å². The summed E-state index contributed by atoms with van der Waals surface area (Å²) >= 11 is 11.9. The number of nitrogens with zero attached hydrogens (tertiary/aromatic N) is 3. The second-order valence-electron chi connectivity index (χ2n) is 5.93. The summed E-state index contributed by atoms with van der Waals surface area (Å²) in [6.45, 7) is 3.80. The molecule has 0 spiro atoms. The predicted molar refractivity (Wildman–Crippen MR) is 93.5 cm³/mol. The summed E-state index contributed by atoms with van der Waals surface area (Å²) in [5.74, 6) is -0.256. The van der Waals surface area contributed by atoms with Crippen molar-refractivity contribution >= 4 is 29.1 Å². The summed E-state index contributed by atoms with van der Waals surface area (Å²) in [6.07, 6.45) is 3.70. The van der Waals surface area contributed by atoms with Gasteiger partial charge in [-0.25, -0.2) is 4.68 Å². The highest BCUT2D eigenvalue weighted by Crippen LogP contribution is 2.25. The fourth-order valence-corrected chi connectivity index (χ4v) is 3.07. The van der Waals surface area contributed by atoms with E-state index in [1.54, 1.807) is 23.0 Å². The van der Waals surface area contributed by atoms with Gasteiger partial charge in [0.05, 0.1) is 28.3 Å². The second kappa shape index (κ2) is 7.51. The molecule has 1 aliphatic rings. The molecule has 1 aromatic heterocycles. The fraction of sp³-hybridized carbons (Fsp3) is 0.438. The van der Waals surface area contributed by atoms with E-state index in [0.717, 1.165) is 31.5 Å². The van der Waals surface area contributed by atoms with Gasteiger partial charge in [0.1, 0.15) is 0 Å². The Morgan fingerprint density at radius 1 is 1.33 bits per heavy atom. The number of hydrogen-bond donors (Lipinski definition) is 2. The number of aromatic nitrogens is 3. The fourth-order valence-electron chi connectivity index (χ4n) is 2.77. The SMILES string of the molecule is CC(NC(=O)c1cn(C2CCNCC2)nn1)c1ccc(Cl)c(Cl)c1. The first kappa shape index (κ1) is 17.2. The van der Waals surface area contributed by atoms with Crippen LogP contribution in [0, 0.1) is 0 Å². The summed E-state index contributed by atoms with van der Waals surface area (Å²) < 4.78 is 1.79. The second-order valence-corrected chi connectivity index (χ2v) is 6.75. The van der Waals surface area contributed by atoms with Crippen molar-refractivity contribution in [3.8, 4) is 0 Å². The largest absolute Gasteiger partial charge is 0.344 e. The van der Waals surface area contributed by atoms with Crippen molar-refractivity contribution < 1.29 is 4.79 Å². The highest BCUT2D eigenvalue weighted by atomic mass is 35.5. The van der Waals surface area contributed by atoms with Crippen molar-refractivity contribution in [2.24, 2.45) is 0 Å². The lowest BCUT2D eigenvalue weighted by atomic mass is 10.1. The van der Waals surface area contributed by atoms with E-state index in [0.29, 0.717) is 21.8 Å². The van der Waals surface area contributed by atoms with Crippen molar-refractivity contribution in [2.45, 2.75) is 31.8 Å².